The van der Waals surface area contributed by atoms with Crippen molar-refractivity contribution in [2.75, 3.05) is 20.1 Å². The normalized spacial score (nSPS) is 14.5. The van der Waals surface area contributed by atoms with Gasteiger partial charge in [-0.2, -0.15) is 0 Å². The molecule has 0 aliphatic heterocycles. The van der Waals surface area contributed by atoms with E-state index in [-0.39, 0.29) is 0 Å². The molecule has 3 heteroatoms. The standard InChI is InChI=1S/C17H29BrN2/c1-5-8-14(3)20(4)12-11-17(19-6-2)15-9-7-10-16(18)13-15/h7,9-10,13-14,17,19H,5-6,8,11-12H2,1-4H3. The summed E-state index contributed by atoms with van der Waals surface area (Å²) in [5.74, 6) is 0. The Morgan fingerprint density at radius 1 is 1.25 bits per heavy atom. The molecule has 1 rings (SSSR count). The molecule has 0 radical (unpaired) electrons. The minimum atomic E-state index is 0.439. The highest BCUT2D eigenvalue weighted by atomic mass is 79.9. The van der Waals surface area contributed by atoms with Crippen LogP contribution < -0.4 is 5.32 Å². The summed E-state index contributed by atoms with van der Waals surface area (Å²) >= 11 is 3.57. The van der Waals surface area contributed by atoms with E-state index in [1.165, 1.54) is 18.4 Å². The quantitative estimate of drug-likeness (QED) is 0.706. The van der Waals surface area contributed by atoms with E-state index in [2.05, 4.69) is 78.2 Å². The van der Waals surface area contributed by atoms with Crippen molar-refractivity contribution in [2.45, 2.75) is 52.1 Å². The molecule has 2 nitrogen and oxygen atoms in total. The lowest BCUT2D eigenvalue weighted by Crippen LogP contribution is -2.32. The maximum atomic E-state index is 3.60. The molecule has 0 amide bonds. The first-order valence-corrected chi connectivity index (χ1v) is 8.56. The first-order chi connectivity index (χ1) is 9.58. The van der Waals surface area contributed by atoms with Crippen molar-refractivity contribution in [2.24, 2.45) is 0 Å². The molecule has 2 unspecified atom stereocenters. The van der Waals surface area contributed by atoms with Gasteiger partial charge in [0, 0.05) is 16.6 Å². The predicted molar refractivity (Wildman–Crippen MR) is 92.2 cm³/mol. The molecule has 114 valence electrons. The second-order valence-electron chi connectivity index (χ2n) is 5.57. The largest absolute Gasteiger partial charge is 0.310 e. The van der Waals surface area contributed by atoms with E-state index < -0.39 is 0 Å². The Balaban J connectivity index is 2.59. The lowest BCUT2D eigenvalue weighted by molar-refractivity contribution is 0.231. The van der Waals surface area contributed by atoms with Gasteiger partial charge in [-0.25, -0.2) is 0 Å². The Hall–Kier alpha value is -0.380. The first kappa shape index (κ1) is 17.7. The van der Waals surface area contributed by atoms with E-state index in [0.717, 1.165) is 24.0 Å². The number of nitrogens with one attached hydrogen (secondary N) is 1. The zero-order valence-corrected chi connectivity index (χ0v) is 14.9. The Labute approximate surface area is 133 Å². The summed E-state index contributed by atoms with van der Waals surface area (Å²) in [4.78, 5) is 2.48. The molecule has 0 aliphatic rings. The highest BCUT2D eigenvalue weighted by Gasteiger charge is 2.14. The fraction of sp³-hybridized carbons (Fsp3) is 0.647. The molecule has 0 aromatic heterocycles. The highest BCUT2D eigenvalue weighted by molar-refractivity contribution is 9.10. The minimum absolute atomic E-state index is 0.439. The average Bonchev–Trinajstić information content (AvgIpc) is 2.43. The van der Waals surface area contributed by atoms with Gasteiger partial charge in [-0.3, -0.25) is 0 Å². The summed E-state index contributed by atoms with van der Waals surface area (Å²) in [7, 11) is 2.24. The summed E-state index contributed by atoms with van der Waals surface area (Å²) in [6.07, 6.45) is 3.68. The first-order valence-electron chi connectivity index (χ1n) is 7.77. The van der Waals surface area contributed by atoms with E-state index in [4.69, 9.17) is 0 Å². The number of halogens is 1. The monoisotopic (exact) mass is 340 g/mol. The van der Waals surface area contributed by atoms with Crippen molar-refractivity contribution in [3.05, 3.63) is 34.3 Å². The summed E-state index contributed by atoms with van der Waals surface area (Å²) in [5, 5.41) is 3.60. The van der Waals surface area contributed by atoms with Gasteiger partial charge in [0.1, 0.15) is 0 Å². The van der Waals surface area contributed by atoms with Crippen molar-refractivity contribution in [3.8, 4) is 0 Å². The van der Waals surface area contributed by atoms with Gasteiger partial charge in [0.05, 0.1) is 0 Å². The molecule has 0 bridgehead atoms. The number of rotatable bonds is 9. The van der Waals surface area contributed by atoms with Gasteiger partial charge in [0.25, 0.3) is 0 Å². The van der Waals surface area contributed by atoms with Crippen LogP contribution in [0.5, 0.6) is 0 Å². The third kappa shape index (κ3) is 5.94. The maximum Gasteiger partial charge on any atom is 0.0332 e. The number of hydrogen-bond donors (Lipinski definition) is 1. The van der Waals surface area contributed by atoms with E-state index in [9.17, 15) is 0 Å². The van der Waals surface area contributed by atoms with Crippen molar-refractivity contribution in [1.29, 1.82) is 0 Å². The molecule has 0 heterocycles. The van der Waals surface area contributed by atoms with Crippen LogP contribution in [0, 0.1) is 0 Å². The molecule has 0 fully saturated rings. The summed E-state index contributed by atoms with van der Waals surface area (Å²) in [6, 6.07) is 9.75. The average molecular weight is 341 g/mol. The van der Waals surface area contributed by atoms with Crippen LogP contribution in [0.2, 0.25) is 0 Å². The van der Waals surface area contributed by atoms with Crippen LogP contribution in [0.4, 0.5) is 0 Å². The Kier molecular flexibility index (Phi) is 8.43. The second kappa shape index (κ2) is 9.54. The molecule has 1 N–H and O–H groups in total. The SMILES string of the molecule is CCCC(C)N(C)CCC(NCC)c1cccc(Br)c1. The molecule has 2 atom stereocenters. The van der Waals surface area contributed by atoms with E-state index in [1.807, 2.05) is 0 Å². The molecule has 0 saturated heterocycles. The fourth-order valence-electron chi connectivity index (χ4n) is 2.55. The van der Waals surface area contributed by atoms with Gasteiger partial charge >= 0.3 is 0 Å². The number of benzene rings is 1. The topological polar surface area (TPSA) is 15.3 Å². The van der Waals surface area contributed by atoms with E-state index in [1.54, 1.807) is 0 Å². The minimum Gasteiger partial charge on any atom is -0.310 e. The van der Waals surface area contributed by atoms with Crippen LogP contribution in [-0.2, 0) is 0 Å². The van der Waals surface area contributed by atoms with Gasteiger partial charge < -0.3 is 10.2 Å². The van der Waals surface area contributed by atoms with Gasteiger partial charge in [-0.15, -0.1) is 0 Å². The van der Waals surface area contributed by atoms with E-state index in [0.29, 0.717) is 12.1 Å². The lowest BCUT2D eigenvalue weighted by Gasteiger charge is -2.27. The number of nitrogens with zero attached hydrogens (tertiary/aromatic N) is 1. The van der Waals surface area contributed by atoms with Crippen molar-refractivity contribution in [1.82, 2.24) is 10.2 Å². The van der Waals surface area contributed by atoms with Crippen LogP contribution in [0.3, 0.4) is 0 Å². The van der Waals surface area contributed by atoms with Crippen molar-refractivity contribution >= 4 is 15.9 Å². The van der Waals surface area contributed by atoms with Gasteiger partial charge in [-0.1, -0.05) is 48.3 Å². The molecule has 1 aromatic rings. The molecular weight excluding hydrogens is 312 g/mol. The second-order valence-corrected chi connectivity index (χ2v) is 6.49. The van der Waals surface area contributed by atoms with Crippen molar-refractivity contribution in [3.63, 3.8) is 0 Å². The van der Waals surface area contributed by atoms with Gasteiger partial charge in [0.2, 0.25) is 0 Å². The smallest absolute Gasteiger partial charge is 0.0332 e. The third-order valence-electron chi connectivity index (χ3n) is 3.93. The van der Waals surface area contributed by atoms with Crippen molar-refractivity contribution < 1.29 is 0 Å². The summed E-state index contributed by atoms with van der Waals surface area (Å²) in [6.45, 7) is 8.89. The molecule has 0 spiro atoms. The Morgan fingerprint density at radius 2 is 2.00 bits per heavy atom. The van der Waals surface area contributed by atoms with Gasteiger partial charge in [0.15, 0.2) is 0 Å². The van der Waals surface area contributed by atoms with Crippen LogP contribution in [0.15, 0.2) is 28.7 Å². The lowest BCUT2D eigenvalue weighted by atomic mass is 10.0. The maximum absolute atomic E-state index is 3.60. The summed E-state index contributed by atoms with van der Waals surface area (Å²) < 4.78 is 1.16. The molecule has 0 saturated carbocycles. The Bertz CT molecular complexity index is 381. The van der Waals surface area contributed by atoms with E-state index >= 15 is 0 Å². The number of hydrogen-bond acceptors (Lipinski definition) is 2. The van der Waals surface area contributed by atoms with Crippen LogP contribution in [0.25, 0.3) is 0 Å². The third-order valence-corrected chi connectivity index (χ3v) is 4.42. The fourth-order valence-corrected chi connectivity index (χ4v) is 2.96. The molecule has 1 aromatic carbocycles. The highest BCUT2D eigenvalue weighted by Crippen LogP contribution is 2.21. The van der Waals surface area contributed by atoms with Gasteiger partial charge in [-0.05, 0) is 57.6 Å². The Morgan fingerprint density at radius 3 is 2.60 bits per heavy atom. The predicted octanol–water partition coefficient (Wildman–Crippen LogP) is 4.61. The molecule has 0 aliphatic carbocycles. The van der Waals surface area contributed by atoms with Crippen LogP contribution in [-0.4, -0.2) is 31.1 Å². The zero-order valence-electron chi connectivity index (χ0n) is 13.3. The molecule has 20 heavy (non-hydrogen) atoms. The summed E-state index contributed by atoms with van der Waals surface area (Å²) in [5.41, 5.74) is 1.37. The van der Waals surface area contributed by atoms with Crippen LogP contribution in [0.1, 0.15) is 51.6 Å². The zero-order chi connectivity index (χ0) is 15.0. The molecular formula is C17H29BrN2. The van der Waals surface area contributed by atoms with Crippen LogP contribution >= 0.6 is 15.9 Å².